The van der Waals surface area contributed by atoms with Crippen molar-refractivity contribution >= 4 is 5.69 Å². The van der Waals surface area contributed by atoms with E-state index < -0.39 is 6.61 Å². The molecular weight excluding hydrogens is 272 g/mol. The van der Waals surface area contributed by atoms with Crippen LogP contribution in [0.3, 0.4) is 0 Å². The smallest absolute Gasteiger partial charge is 0.387 e. The van der Waals surface area contributed by atoms with E-state index in [0.717, 1.165) is 5.69 Å². The number of nitrogens with one attached hydrogen (secondary N) is 1. The van der Waals surface area contributed by atoms with Crippen LogP contribution < -0.4 is 10.1 Å². The lowest BCUT2D eigenvalue weighted by atomic mass is 10.0. The van der Waals surface area contributed by atoms with Crippen molar-refractivity contribution in [2.24, 2.45) is 0 Å². The summed E-state index contributed by atoms with van der Waals surface area (Å²) in [5.74, 6) is 0.863. The molecule has 1 aliphatic rings. The van der Waals surface area contributed by atoms with E-state index in [1.807, 2.05) is 12.1 Å². The van der Waals surface area contributed by atoms with Gasteiger partial charge in [-0.1, -0.05) is 30.3 Å². The molecule has 4 heteroatoms. The third kappa shape index (κ3) is 3.72. The van der Waals surface area contributed by atoms with Crippen molar-refractivity contribution in [1.29, 1.82) is 0 Å². The Balaban J connectivity index is 1.67. The highest BCUT2D eigenvalue weighted by Gasteiger charge is 2.25. The van der Waals surface area contributed by atoms with Crippen LogP contribution in [0, 0.1) is 0 Å². The lowest BCUT2D eigenvalue weighted by Gasteiger charge is -2.12. The van der Waals surface area contributed by atoms with Crippen molar-refractivity contribution in [3.8, 4) is 5.75 Å². The lowest BCUT2D eigenvalue weighted by molar-refractivity contribution is -0.0498. The van der Waals surface area contributed by atoms with Crippen molar-refractivity contribution in [3.05, 3.63) is 59.7 Å². The van der Waals surface area contributed by atoms with Gasteiger partial charge in [0.1, 0.15) is 5.75 Å². The molecule has 0 bridgehead atoms. The molecule has 0 spiro atoms. The second-order valence-electron chi connectivity index (χ2n) is 5.23. The lowest BCUT2D eigenvalue weighted by Crippen LogP contribution is -2.04. The van der Waals surface area contributed by atoms with Gasteiger partial charge < -0.3 is 10.1 Å². The Hall–Kier alpha value is -2.10. The molecule has 0 atom stereocenters. The van der Waals surface area contributed by atoms with Crippen molar-refractivity contribution < 1.29 is 13.5 Å². The van der Waals surface area contributed by atoms with Gasteiger partial charge >= 0.3 is 6.61 Å². The van der Waals surface area contributed by atoms with Gasteiger partial charge in [-0.25, -0.2) is 0 Å². The maximum absolute atomic E-state index is 12.2. The van der Waals surface area contributed by atoms with Gasteiger partial charge in [0.2, 0.25) is 0 Å². The van der Waals surface area contributed by atoms with Crippen molar-refractivity contribution in [2.75, 3.05) is 5.32 Å². The molecule has 0 saturated heterocycles. The predicted octanol–water partition coefficient (Wildman–Crippen LogP) is 4.78. The molecule has 2 aromatic carbocycles. The molecule has 1 saturated carbocycles. The second kappa shape index (κ2) is 6.12. The maximum atomic E-state index is 12.2. The maximum Gasteiger partial charge on any atom is 0.387 e. The summed E-state index contributed by atoms with van der Waals surface area (Å²) in [6.45, 7) is -2.11. The molecule has 2 nitrogen and oxygen atoms in total. The molecule has 1 N–H and O–H groups in total. The van der Waals surface area contributed by atoms with Gasteiger partial charge in [0.25, 0.3) is 0 Å². The van der Waals surface area contributed by atoms with Crippen LogP contribution in [-0.4, -0.2) is 6.61 Å². The Morgan fingerprint density at radius 1 is 1.10 bits per heavy atom. The van der Waals surface area contributed by atoms with Crippen LogP contribution in [0.25, 0.3) is 0 Å². The number of alkyl halides is 2. The monoisotopic (exact) mass is 289 g/mol. The number of ether oxygens (including phenoxy) is 1. The predicted molar refractivity (Wildman–Crippen MR) is 78.8 cm³/mol. The molecule has 1 fully saturated rings. The first-order valence-corrected chi connectivity index (χ1v) is 7.09. The van der Waals surface area contributed by atoms with Crippen LogP contribution in [0.4, 0.5) is 14.5 Å². The minimum absolute atomic E-state index is 0.172. The zero-order valence-electron chi connectivity index (χ0n) is 11.6. The van der Waals surface area contributed by atoms with Crippen molar-refractivity contribution in [2.45, 2.75) is 31.9 Å². The molecule has 2 aromatic rings. The number of hydrogen-bond donors (Lipinski definition) is 1. The van der Waals surface area contributed by atoms with Crippen LogP contribution in [0.15, 0.2) is 48.5 Å². The van der Waals surface area contributed by atoms with E-state index in [1.165, 1.54) is 30.0 Å². The highest BCUT2D eigenvalue weighted by atomic mass is 19.3. The van der Waals surface area contributed by atoms with Gasteiger partial charge in [0.15, 0.2) is 0 Å². The van der Waals surface area contributed by atoms with Gasteiger partial charge in [-0.3, -0.25) is 0 Å². The summed E-state index contributed by atoms with van der Waals surface area (Å²) in [7, 11) is 0. The van der Waals surface area contributed by atoms with E-state index in [2.05, 4.69) is 28.3 Å². The average Bonchev–Trinajstić information content (AvgIpc) is 3.30. The van der Waals surface area contributed by atoms with Gasteiger partial charge in [-0.2, -0.15) is 8.78 Å². The third-order valence-corrected chi connectivity index (χ3v) is 3.61. The Morgan fingerprint density at radius 2 is 1.90 bits per heavy atom. The van der Waals surface area contributed by atoms with E-state index in [4.69, 9.17) is 0 Å². The SMILES string of the molecule is FC(F)Oc1cccc(NCc2ccccc2C2CC2)c1. The normalized spacial score (nSPS) is 14.2. The first-order chi connectivity index (χ1) is 10.2. The molecule has 0 aliphatic heterocycles. The Kier molecular flexibility index (Phi) is 4.04. The fourth-order valence-electron chi connectivity index (χ4n) is 2.47. The molecule has 21 heavy (non-hydrogen) atoms. The first kappa shape index (κ1) is 13.9. The number of anilines is 1. The van der Waals surface area contributed by atoms with Gasteiger partial charge in [-0.05, 0) is 42.0 Å². The van der Waals surface area contributed by atoms with Gasteiger partial charge in [-0.15, -0.1) is 0 Å². The zero-order chi connectivity index (χ0) is 14.7. The summed E-state index contributed by atoms with van der Waals surface area (Å²) < 4.78 is 28.8. The summed E-state index contributed by atoms with van der Waals surface area (Å²) in [6.07, 6.45) is 2.52. The van der Waals surface area contributed by atoms with E-state index in [9.17, 15) is 8.78 Å². The van der Waals surface area contributed by atoms with E-state index in [-0.39, 0.29) is 5.75 Å². The minimum Gasteiger partial charge on any atom is -0.435 e. The molecule has 1 aliphatic carbocycles. The second-order valence-corrected chi connectivity index (χ2v) is 5.23. The van der Waals surface area contributed by atoms with Gasteiger partial charge in [0, 0.05) is 18.3 Å². The fraction of sp³-hybridized carbons (Fsp3) is 0.294. The van der Waals surface area contributed by atoms with E-state index in [0.29, 0.717) is 12.5 Å². The first-order valence-electron chi connectivity index (χ1n) is 7.09. The Morgan fingerprint density at radius 3 is 2.67 bits per heavy atom. The summed E-state index contributed by atoms with van der Waals surface area (Å²) >= 11 is 0. The molecule has 0 amide bonds. The molecule has 0 aromatic heterocycles. The Labute approximate surface area is 122 Å². The van der Waals surface area contributed by atoms with E-state index in [1.54, 1.807) is 12.1 Å². The molecule has 0 unspecified atom stereocenters. The van der Waals surface area contributed by atoms with Crippen LogP contribution in [-0.2, 0) is 6.54 Å². The standard InChI is InChI=1S/C17H17F2NO/c18-17(19)21-15-6-3-5-14(10-15)20-11-13-4-1-2-7-16(13)12-8-9-12/h1-7,10,12,17,20H,8-9,11H2. The molecular formula is C17H17F2NO. The quantitative estimate of drug-likeness (QED) is 0.826. The zero-order valence-corrected chi connectivity index (χ0v) is 11.6. The highest BCUT2D eigenvalue weighted by Crippen LogP contribution is 2.41. The third-order valence-electron chi connectivity index (χ3n) is 3.61. The van der Waals surface area contributed by atoms with Crippen LogP contribution in [0.5, 0.6) is 5.75 Å². The van der Waals surface area contributed by atoms with E-state index >= 15 is 0 Å². The Bertz CT molecular complexity index is 611. The topological polar surface area (TPSA) is 21.3 Å². The minimum atomic E-state index is -2.80. The van der Waals surface area contributed by atoms with Crippen LogP contribution in [0.2, 0.25) is 0 Å². The summed E-state index contributed by atoms with van der Waals surface area (Å²) in [6, 6.07) is 15.0. The molecule has 0 radical (unpaired) electrons. The highest BCUT2D eigenvalue weighted by molar-refractivity contribution is 5.49. The fourth-order valence-corrected chi connectivity index (χ4v) is 2.47. The molecule has 3 rings (SSSR count). The average molecular weight is 289 g/mol. The number of hydrogen-bond acceptors (Lipinski definition) is 2. The summed E-state index contributed by atoms with van der Waals surface area (Å²) in [4.78, 5) is 0. The van der Waals surface area contributed by atoms with Crippen LogP contribution in [0.1, 0.15) is 29.9 Å². The molecule has 0 heterocycles. The van der Waals surface area contributed by atoms with Crippen molar-refractivity contribution in [1.82, 2.24) is 0 Å². The van der Waals surface area contributed by atoms with Crippen molar-refractivity contribution in [3.63, 3.8) is 0 Å². The summed E-state index contributed by atoms with van der Waals surface area (Å²) in [5, 5.41) is 3.27. The number of rotatable bonds is 6. The van der Waals surface area contributed by atoms with Crippen LogP contribution >= 0.6 is 0 Å². The number of benzene rings is 2. The largest absolute Gasteiger partial charge is 0.435 e. The summed E-state index contributed by atoms with van der Waals surface area (Å²) in [5.41, 5.74) is 3.43. The molecule has 110 valence electrons. The number of halogens is 2. The van der Waals surface area contributed by atoms with Gasteiger partial charge in [0.05, 0.1) is 0 Å².